The van der Waals surface area contributed by atoms with E-state index in [0.717, 1.165) is 47.3 Å². The zero-order chi connectivity index (χ0) is 22.1. The summed E-state index contributed by atoms with van der Waals surface area (Å²) in [7, 11) is 0. The number of aromatic nitrogens is 3. The summed E-state index contributed by atoms with van der Waals surface area (Å²) in [4.78, 5) is 32.4. The van der Waals surface area contributed by atoms with Crippen LogP contribution in [0.1, 0.15) is 44.4 Å². The van der Waals surface area contributed by atoms with Crippen molar-refractivity contribution in [3.63, 3.8) is 0 Å². The van der Waals surface area contributed by atoms with Crippen molar-refractivity contribution in [1.29, 1.82) is 0 Å². The highest BCUT2D eigenvalue weighted by Crippen LogP contribution is 2.30. The maximum atomic E-state index is 12.9. The predicted octanol–water partition coefficient (Wildman–Crippen LogP) is 4.15. The molecule has 7 nitrogen and oxygen atoms in total. The van der Waals surface area contributed by atoms with Gasteiger partial charge in [-0.3, -0.25) is 13.9 Å². The van der Waals surface area contributed by atoms with Gasteiger partial charge in [-0.2, -0.15) is 0 Å². The quantitative estimate of drug-likeness (QED) is 0.459. The third-order valence-electron chi connectivity index (χ3n) is 6.43. The van der Waals surface area contributed by atoms with E-state index in [1.165, 1.54) is 0 Å². The molecule has 0 saturated carbocycles. The maximum Gasteiger partial charge on any atom is 0.329 e. The number of rotatable bonds is 6. The zero-order valence-electron chi connectivity index (χ0n) is 18.4. The maximum absolute atomic E-state index is 12.9. The number of nitrogens with zero attached hydrogens (tertiary/aromatic N) is 4. The van der Waals surface area contributed by atoms with Gasteiger partial charge in [0.25, 0.3) is 0 Å². The van der Waals surface area contributed by atoms with Crippen LogP contribution < -0.4 is 5.69 Å². The summed E-state index contributed by atoms with van der Waals surface area (Å²) >= 11 is 0. The lowest BCUT2D eigenvalue weighted by Gasteiger charge is -2.30. The van der Waals surface area contributed by atoms with Gasteiger partial charge in [0.05, 0.1) is 11.0 Å². The fourth-order valence-electron chi connectivity index (χ4n) is 4.73. The number of aryl methyl sites for hydroxylation is 2. The van der Waals surface area contributed by atoms with Crippen molar-refractivity contribution < 1.29 is 9.21 Å². The molecule has 1 amide bonds. The largest absolute Gasteiger partial charge is 0.440 e. The minimum absolute atomic E-state index is 0.0319. The first kappa shape index (κ1) is 20.5. The van der Waals surface area contributed by atoms with Crippen LogP contribution >= 0.6 is 0 Å². The number of para-hydroxylation sites is 4. The summed E-state index contributed by atoms with van der Waals surface area (Å²) in [5.41, 5.74) is 3.50. The second-order valence-electron chi connectivity index (χ2n) is 8.50. The molecule has 0 aliphatic carbocycles. The van der Waals surface area contributed by atoms with E-state index in [1.54, 1.807) is 4.57 Å². The predicted molar refractivity (Wildman–Crippen MR) is 124 cm³/mol. The highest BCUT2D eigenvalue weighted by atomic mass is 16.3. The monoisotopic (exact) mass is 432 g/mol. The molecule has 1 aliphatic rings. The van der Waals surface area contributed by atoms with Gasteiger partial charge in [0, 0.05) is 38.5 Å². The summed E-state index contributed by atoms with van der Waals surface area (Å²) in [5, 5.41) is 0. The first-order valence-corrected chi connectivity index (χ1v) is 11.5. The SMILES string of the molecule is CCCn1c(=O)n(CCC(=O)N2CCC(c3nc4ccccc4o3)CC2)c2ccccc21. The molecule has 32 heavy (non-hydrogen) atoms. The van der Waals surface area contributed by atoms with Gasteiger partial charge in [0.1, 0.15) is 5.52 Å². The molecule has 2 aromatic carbocycles. The third kappa shape index (κ3) is 3.72. The lowest BCUT2D eigenvalue weighted by Crippen LogP contribution is -2.38. The van der Waals surface area contributed by atoms with Gasteiger partial charge in [-0.15, -0.1) is 0 Å². The van der Waals surface area contributed by atoms with Crippen LogP contribution in [0.25, 0.3) is 22.1 Å². The van der Waals surface area contributed by atoms with Crippen LogP contribution in [0.5, 0.6) is 0 Å². The Morgan fingerprint density at radius 1 is 1.00 bits per heavy atom. The second kappa shape index (κ2) is 8.65. The van der Waals surface area contributed by atoms with Crippen molar-refractivity contribution in [1.82, 2.24) is 19.0 Å². The van der Waals surface area contributed by atoms with Crippen LogP contribution in [-0.4, -0.2) is 38.0 Å². The molecule has 1 fully saturated rings. The number of carbonyl (C=O) groups is 1. The van der Waals surface area contributed by atoms with E-state index in [9.17, 15) is 9.59 Å². The first-order chi connectivity index (χ1) is 15.7. The molecule has 4 aromatic rings. The summed E-state index contributed by atoms with van der Waals surface area (Å²) in [5.74, 6) is 1.11. The average Bonchev–Trinajstić information content (AvgIpc) is 3.37. The Kier molecular flexibility index (Phi) is 5.55. The number of oxazole rings is 1. The summed E-state index contributed by atoms with van der Waals surface area (Å²) in [6.45, 7) is 4.53. The van der Waals surface area contributed by atoms with Crippen LogP contribution in [0.2, 0.25) is 0 Å². The summed E-state index contributed by atoms with van der Waals surface area (Å²) < 4.78 is 9.49. The molecule has 3 heterocycles. The first-order valence-electron chi connectivity index (χ1n) is 11.5. The molecule has 5 rings (SSSR count). The van der Waals surface area contributed by atoms with E-state index < -0.39 is 0 Å². The number of imidazole rings is 1. The van der Waals surface area contributed by atoms with Gasteiger partial charge in [0.15, 0.2) is 11.5 Å². The Hall–Kier alpha value is -3.35. The van der Waals surface area contributed by atoms with Gasteiger partial charge >= 0.3 is 5.69 Å². The van der Waals surface area contributed by atoms with Crippen molar-refractivity contribution in [2.75, 3.05) is 13.1 Å². The number of hydrogen-bond donors (Lipinski definition) is 0. The Balaban J connectivity index is 1.23. The molecule has 0 unspecified atom stereocenters. The molecule has 1 saturated heterocycles. The van der Waals surface area contributed by atoms with Crippen LogP contribution in [0.4, 0.5) is 0 Å². The summed E-state index contributed by atoms with van der Waals surface area (Å²) in [6, 6.07) is 15.6. The Morgan fingerprint density at radius 2 is 1.66 bits per heavy atom. The van der Waals surface area contributed by atoms with E-state index >= 15 is 0 Å². The van der Waals surface area contributed by atoms with Crippen molar-refractivity contribution >= 4 is 28.0 Å². The third-order valence-corrected chi connectivity index (χ3v) is 6.43. The number of amides is 1. The molecule has 0 atom stereocenters. The Bertz CT molecular complexity index is 1270. The highest BCUT2D eigenvalue weighted by molar-refractivity contribution is 5.78. The van der Waals surface area contributed by atoms with Gasteiger partial charge < -0.3 is 9.32 Å². The van der Waals surface area contributed by atoms with E-state index in [1.807, 2.05) is 58.0 Å². The minimum Gasteiger partial charge on any atom is -0.440 e. The van der Waals surface area contributed by atoms with Crippen molar-refractivity contribution in [3.8, 4) is 0 Å². The minimum atomic E-state index is -0.0319. The fraction of sp³-hybridized carbons (Fsp3) is 0.400. The van der Waals surface area contributed by atoms with Crippen LogP contribution in [0, 0.1) is 0 Å². The van der Waals surface area contributed by atoms with Gasteiger partial charge in [-0.25, -0.2) is 9.78 Å². The van der Waals surface area contributed by atoms with Crippen LogP contribution in [0.3, 0.4) is 0 Å². The van der Waals surface area contributed by atoms with E-state index in [-0.39, 0.29) is 17.5 Å². The number of benzene rings is 2. The van der Waals surface area contributed by atoms with E-state index in [2.05, 4.69) is 11.9 Å². The molecule has 0 N–H and O–H groups in total. The topological polar surface area (TPSA) is 73.3 Å². The second-order valence-corrected chi connectivity index (χ2v) is 8.50. The standard InChI is InChI=1S/C25H28N4O3/c1-2-14-28-20-8-4-5-9-21(20)29(25(28)31)17-13-23(30)27-15-11-18(12-16-27)24-26-19-7-3-6-10-22(19)32-24/h3-10,18H,2,11-17H2,1H3. The molecule has 7 heteroatoms. The van der Waals surface area contributed by atoms with Gasteiger partial charge in [-0.05, 0) is 43.5 Å². The van der Waals surface area contributed by atoms with Crippen molar-refractivity contribution in [2.45, 2.75) is 51.6 Å². The number of fused-ring (bicyclic) bond motifs is 2. The van der Waals surface area contributed by atoms with Gasteiger partial charge in [0.2, 0.25) is 5.91 Å². The van der Waals surface area contributed by atoms with Gasteiger partial charge in [-0.1, -0.05) is 31.2 Å². The molecule has 2 aromatic heterocycles. The van der Waals surface area contributed by atoms with Crippen LogP contribution in [0.15, 0.2) is 57.7 Å². The molecular weight excluding hydrogens is 404 g/mol. The Labute approximate surface area is 186 Å². The molecular formula is C25H28N4O3. The van der Waals surface area contributed by atoms with Crippen molar-refractivity contribution in [3.05, 3.63) is 64.9 Å². The number of hydrogen-bond acceptors (Lipinski definition) is 4. The average molecular weight is 433 g/mol. The summed E-state index contributed by atoms with van der Waals surface area (Å²) in [6.07, 6.45) is 2.90. The zero-order valence-corrected chi connectivity index (χ0v) is 18.4. The lowest BCUT2D eigenvalue weighted by atomic mass is 9.96. The fourth-order valence-corrected chi connectivity index (χ4v) is 4.73. The number of carbonyl (C=O) groups excluding carboxylic acids is 1. The molecule has 0 spiro atoms. The van der Waals surface area contributed by atoms with E-state index in [0.29, 0.717) is 32.6 Å². The highest BCUT2D eigenvalue weighted by Gasteiger charge is 2.27. The molecule has 0 radical (unpaired) electrons. The number of likely N-dealkylation sites (tertiary alicyclic amines) is 1. The number of piperidine rings is 1. The molecule has 1 aliphatic heterocycles. The Morgan fingerprint density at radius 3 is 2.34 bits per heavy atom. The van der Waals surface area contributed by atoms with Crippen molar-refractivity contribution in [2.24, 2.45) is 0 Å². The smallest absolute Gasteiger partial charge is 0.329 e. The molecule has 166 valence electrons. The molecule has 0 bridgehead atoms. The lowest BCUT2D eigenvalue weighted by molar-refractivity contribution is -0.132. The van der Waals surface area contributed by atoms with E-state index in [4.69, 9.17) is 4.42 Å². The normalized spacial score (nSPS) is 15.1. The van der Waals surface area contributed by atoms with Crippen LogP contribution in [-0.2, 0) is 17.9 Å².